The molecule has 4 saturated carbocycles. The summed E-state index contributed by atoms with van der Waals surface area (Å²) in [6, 6.07) is 0. The third kappa shape index (κ3) is 2.99. The zero-order valence-corrected chi connectivity index (χ0v) is 21.8. The third-order valence-electron chi connectivity index (χ3n) is 10.0. The van der Waals surface area contributed by atoms with Crippen LogP contribution in [0.5, 0.6) is 0 Å². The maximum absolute atomic E-state index is 14.2. The van der Waals surface area contributed by atoms with Crippen molar-refractivity contribution in [2.24, 2.45) is 28.1 Å². The van der Waals surface area contributed by atoms with Gasteiger partial charge in [-0.15, -0.1) is 0 Å². The molecule has 194 valence electrons. The lowest BCUT2D eigenvalue weighted by Gasteiger charge is -2.70. The van der Waals surface area contributed by atoms with E-state index >= 15 is 0 Å². The minimum Gasteiger partial charge on any atom is -0.462 e. The summed E-state index contributed by atoms with van der Waals surface area (Å²) in [7, 11) is 0. The Kier molecular flexibility index (Phi) is 5.10. The molecular weight excluding hydrogens is 452 g/mol. The summed E-state index contributed by atoms with van der Waals surface area (Å²) < 4.78 is 24.8. The molecule has 8 heteroatoms. The molecular formula is C27H38O8. The van der Waals surface area contributed by atoms with Crippen LogP contribution in [0.25, 0.3) is 0 Å². The van der Waals surface area contributed by atoms with E-state index in [1.807, 2.05) is 0 Å². The third-order valence-corrected chi connectivity index (χ3v) is 10.0. The molecule has 0 aromatic heterocycles. The van der Waals surface area contributed by atoms with E-state index < -0.39 is 58.5 Å². The predicted molar refractivity (Wildman–Crippen MR) is 124 cm³/mol. The van der Waals surface area contributed by atoms with E-state index in [1.54, 1.807) is 13.8 Å². The Morgan fingerprint density at radius 2 is 1.69 bits per heavy atom. The summed E-state index contributed by atoms with van der Waals surface area (Å²) in [6.45, 7) is 16.8. The van der Waals surface area contributed by atoms with Crippen LogP contribution in [0.3, 0.4) is 0 Å². The Hall–Kier alpha value is -1.77. The fraction of sp³-hybridized carbons (Fsp3) is 0.815. The molecule has 1 spiro atoms. The fourth-order valence-corrected chi connectivity index (χ4v) is 8.99. The van der Waals surface area contributed by atoms with Crippen molar-refractivity contribution >= 4 is 17.7 Å². The monoisotopic (exact) mass is 490 g/mol. The predicted octanol–water partition coefficient (Wildman–Crippen LogP) is 3.09. The molecule has 5 aliphatic rings. The Bertz CT molecular complexity index is 1010. The van der Waals surface area contributed by atoms with Crippen molar-refractivity contribution in [2.45, 2.75) is 110 Å². The number of esters is 2. The SMILES string of the molecule is C=C1C(=O)C23C4CC5C(C)(C)CCC(OC(C)=O)C5(C)C2C(OC(C)=O)CC1(O)C3OC(C)(C)O4. The van der Waals surface area contributed by atoms with Gasteiger partial charge < -0.3 is 24.1 Å². The first-order valence-electron chi connectivity index (χ1n) is 12.7. The zero-order chi connectivity index (χ0) is 25.9. The van der Waals surface area contributed by atoms with Crippen molar-refractivity contribution in [3.8, 4) is 0 Å². The average molecular weight is 491 g/mol. The lowest BCUT2D eigenvalue weighted by molar-refractivity contribution is -0.406. The molecule has 8 nitrogen and oxygen atoms in total. The second kappa shape index (κ2) is 7.17. The van der Waals surface area contributed by atoms with Crippen LogP contribution in [-0.2, 0) is 33.3 Å². The largest absolute Gasteiger partial charge is 0.462 e. The molecule has 2 bridgehead atoms. The first kappa shape index (κ1) is 24.9. The van der Waals surface area contributed by atoms with Crippen molar-refractivity contribution in [3.05, 3.63) is 12.2 Å². The second-order valence-electron chi connectivity index (χ2n) is 12.8. The summed E-state index contributed by atoms with van der Waals surface area (Å²) in [5.41, 5.74) is -3.80. The maximum atomic E-state index is 14.2. The van der Waals surface area contributed by atoms with Crippen LogP contribution in [0.2, 0.25) is 0 Å². The van der Waals surface area contributed by atoms with Gasteiger partial charge in [0.1, 0.15) is 23.9 Å². The molecule has 1 N–H and O–H groups in total. The number of aliphatic hydroxyl groups is 1. The van der Waals surface area contributed by atoms with Gasteiger partial charge in [-0.25, -0.2) is 0 Å². The summed E-state index contributed by atoms with van der Waals surface area (Å²) in [4.78, 5) is 38.8. The van der Waals surface area contributed by atoms with Gasteiger partial charge in [-0.1, -0.05) is 27.4 Å². The Balaban J connectivity index is 1.80. The van der Waals surface area contributed by atoms with Gasteiger partial charge in [0.2, 0.25) is 0 Å². The van der Waals surface area contributed by atoms with E-state index in [4.69, 9.17) is 18.9 Å². The first-order valence-corrected chi connectivity index (χ1v) is 12.7. The Labute approximate surface area is 206 Å². The number of Topliss-reactive ketones (excluding diaryl/α,β-unsaturated/α-hetero) is 1. The highest BCUT2D eigenvalue weighted by Gasteiger charge is 2.84. The van der Waals surface area contributed by atoms with Gasteiger partial charge in [-0.3, -0.25) is 14.4 Å². The van der Waals surface area contributed by atoms with E-state index in [2.05, 4.69) is 27.4 Å². The molecule has 0 radical (unpaired) electrons. The van der Waals surface area contributed by atoms with Gasteiger partial charge in [-0.2, -0.15) is 0 Å². The normalized spacial score (nSPS) is 49.0. The molecule has 0 aromatic rings. The minimum absolute atomic E-state index is 0.00538. The maximum Gasteiger partial charge on any atom is 0.302 e. The lowest BCUT2D eigenvalue weighted by Crippen LogP contribution is -2.78. The van der Waals surface area contributed by atoms with Gasteiger partial charge in [0, 0.05) is 37.2 Å². The highest BCUT2D eigenvalue weighted by Crippen LogP contribution is 2.74. The zero-order valence-electron chi connectivity index (χ0n) is 21.8. The molecule has 1 heterocycles. The average Bonchev–Trinajstić information content (AvgIpc) is 2.81. The molecule has 1 saturated heterocycles. The van der Waals surface area contributed by atoms with Gasteiger partial charge >= 0.3 is 11.9 Å². The first-order chi connectivity index (χ1) is 16.0. The number of fused-ring (bicyclic) bond motifs is 2. The van der Waals surface area contributed by atoms with Crippen molar-refractivity contribution in [1.82, 2.24) is 0 Å². The number of carbonyl (C=O) groups is 3. The molecule has 1 aliphatic heterocycles. The quantitative estimate of drug-likeness (QED) is 0.465. The van der Waals surface area contributed by atoms with E-state index in [0.29, 0.717) is 12.8 Å². The van der Waals surface area contributed by atoms with E-state index in [-0.39, 0.29) is 35.1 Å². The molecule has 5 rings (SSSR count). The number of rotatable bonds is 2. The van der Waals surface area contributed by atoms with Crippen LogP contribution in [0, 0.1) is 28.1 Å². The molecule has 35 heavy (non-hydrogen) atoms. The van der Waals surface area contributed by atoms with E-state index in [1.165, 1.54) is 13.8 Å². The summed E-state index contributed by atoms with van der Waals surface area (Å²) in [5, 5.41) is 11.9. The summed E-state index contributed by atoms with van der Waals surface area (Å²) >= 11 is 0. The van der Waals surface area contributed by atoms with Crippen molar-refractivity contribution in [1.29, 1.82) is 0 Å². The van der Waals surface area contributed by atoms with Crippen molar-refractivity contribution < 1.29 is 38.4 Å². The Morgan fingerprint density at radius 1 is 1.06 bits per heavy atom. The molecule has 0 aromatic carbocycles. The minimum atomic E-state index is -1.68. The van der Waals surface area contributed by atoms with E-state index in [0.717, 1.165) is 6.42 Å². The highest BCUT2D eigenvalue weighted by atomic mass is 16.7. The molecule has 5 fully saturated rings. The van der Waals surface area contributed by atoms with Crippen LogP contribution >= 0.6 is 0 Å². The van der Waals surface area contributed by atoms with Crippen molar-refractivity contribution in [2.75, 3.05) is 0 Å². The van der Waals surface area contributed by atoms with Crippen LogP contribution in [-0.4, -0.2) is 58.6 Å². The smallest absolute Gasteiger partial charge is 0.302 e. The molecule has 9 unspecified atom stereocenters. The number of carbonyl (C=O) groups excluding carboxylic acids is 3. The fourth-order valence-electron chi connectivity index (χ4n) is 8.99. The molecule has 4 aliphatic carbocycles. The second-order valence-corrected chi connectivity index (χ2v) is 12.8. The van der Waals surface area contributed by atoms with Crippen LogP contribution in [0.1, 0.15) is 74.1 Å². The number of ketones is 1. The molecule has 9 atom stereocenters. The lowest BCUT2D eigenvalue weighted by atomic mass is 9.38. The number of hydrogen-bond acceptors (Lipinski definition) is 8. The summed E-state index contributed by atoms with van der Waals surface area (Å²) in [6.07, 6.45) is -0.777. The number of hydrogen-bond donors (Lipinski definition) is 1. The highest BCUT2D eigenvalue weighted by molar-refractivity contribution is 6.06. The standard InChI is InChI=1S/C27H38O8/c1-13-21(30)27-19-11-17-23(4,5)10-9-18(33-15(3)29)25(17,8)20(27)16(32-14(2)28)12-26(13,31)22(27)35-24(6,7)34-19/h16-20,22,31H,1,9-12H2,2-8H3. The van der Waals surface area contributed by atoms with E-state index in [9.17, 15) is 19.5 Å². The molecule has 0 amide bonds. The summed E-state index contributed by atoms with van der Waals surface area (Å²) in [5.74, 6) is -2.81. The number of ether oxygens (including phenoxy) is 4. The van der Waals surface area contributed by atoms with Crippen molar-refractivity contribution in [3.63, 3.8) is 0 Å². The van der Waals surface area contributed by atoms with Crippen LogP contribution in [0.4, 0.5) is 0 Å². The van der Waals surface area contributed by atoms with Crippen LogP contribution in [0.15, 0.2) is 12.2 Å². The van der Waals surface area contributed by atoms with Gasteiger partial charge in [0.15, 0.2) is 11.6 Å². The topological polar surface area (TPSA) is 108 Å². The van der Waals surface area contributed by atoms with Gasteiger partial charge in [0.05, 0.1) is 11.5 Å². The Morgan fingerprint density at radius 3 is 2.29 bits per heavy atom. The van der Waals surface area contributed by atoms with Gasteiger partial charge in [-0.05, 0) is 44.4 Å². The van der Waals surface area contributed by atoms with Gasteiger partial charge in [0.25, 0.3) is 0 Å². The van der Waals surface area contributed by atoms with Crippen LogP contribution < -0.4 is 0 Å².